The average Bonchev–Trinajstić information content (AvgIpc) is 2.58. The summed E-state index contributed by atoms with van der Waals surface area (Å²) in [7, 11) is 1.56. The summed E-state index contributed by atoms with van der Waals surface area (Å²) in [5.74, 6) is -0.695. The van der Waals surface area contributed by atoms with Gasteiger partial charge in [-0.1, -0.05) is 42.5 Å². The fraction of sp³-hybridized carbons (Fsp3) is 0.111. The maximum absolute atomic E-state index is 11.9. The fourth-order valence-corrected chi connectivity index (χ4v) is 1.98. The van der Waals surface area contributed by atoms with Crippen LogP contribution >= 0.6 is 0 Å². The quantitative estimate of drug-likeness (QED) is 0.656. The first kappa shape index (κ1) is 16.3. The molecule has 0 aliphatic carbocycles. The SMILES string of the molecule is COc1cccc(/C=C/C(=O)OC(C(N)=O)c2ccccc2)c1. The van der Waals surface area contributed by atoms with Gasteiger partial charge in [0.2, 0.25) is 6.10 Å². The number of carbonyl (C=O) groups excluding carboxylic acids is 2. The Kier molecular flexibility index (Phi) is 5.52. The number of hydrogen-bond donors (Lipinski definition) is 1. The van der Waals surface area contributed by atoms with Crippen molar-refractivity contribution in [3.63, 3.8) is 0 Å². The number of nitrogens with two attached hydrogens (primary N) is 1. The van der Waals surface area contributed by atoms with Gasteiger partial charge in [-0.2, -0.15) is 0 Å². The van der Waals surface area contributed by atoms with E-state index >= 15 is 0 Å². The van der Waals surface area contributed by atoms with Gasteiger partial charge in [-0.25, -0.2) is 4.79 Å². The molecule has 0 aliphatic rings. The van der Waals surface area contributed by atoms with Gasteiger partial charge in [0.05, 0.1) is 7.11 Å². The molecule has 2 aromatic rings. The molecule has 0 radical (unpaired) electrons. The van der Waals surface area contributed by atoms with E-state index in [0.29, 0.717) is 11.3 Å². The molecule has 0 fully saturated rings. The van der Waals surface area contributed by atoms with E-state index in [1.54, 1.807) is 61.7 Å². The molecule has 0 bridgehead atoms. The third-order valence-electron chi connectivity index (χ3n) is 3.10. The summed E-state index contributed by atoms with van der Waals surface area (Å²) in [5, 5.41) is 0. The number of ether oxygens (including phenoxy) is 2. The molecule has 23 heavy (non-hydrogen) atoms. The molecule has 2 rings (SSSR count). The van der Waals surface area contributed by atoms with Gasteiger partial charge < -0.3 is 15.2 Å². The Morgan fingerprint density at radius 2 is 1.83 bits per heavy atom. The number of methoxy groups -OCH3 is 1. The summed E-state index contributed by atoms with van der Waals surface area (Å²) in [5.41, 5.74) is 6.61. The largest absolute Gasteiger partial charge is 0.497 e. The van der Waals surface area contributed by atoms with Gasteiger partial charge in [-0.05, 0) is 23.8 Å². The number of primary amides is 1. The van der Waals surface area contributed by atoms with Gasteiger partial charge in [-0.3, -0.25) is 4.79 Å². The van der Waals surface area contributed by atoms with Gasteiger partial charge in [0.25, 0.3) is 5.91 Å². The molecule has 118 valence electrons. The molecule has 5 heteroatoms. The molecule has 1 unspecified atom stereocenters. The molecule has 0 aliphatic heterocycles. The molecule has 1 atom stereocenters. The van der Waals surface area contributed by atoms with E-state index in [1.807, 2.05) is 6.07 Å². The van der Waals surface area contributed by atoms with Gasteiger partial charge in [-0.15, -0.1) is 0 Å². The van der Waals surface area contributed by atoms with Crippen LogP contribution in [0.2, 0.25) is 0 Å². The van der Waals surface area contributed by atoms with E-state index in [-0.39, 0.29) is 0 Å². The van der Waals surface area contributed by atoms with Crippen molar-refractivity contribution in [2.75, 3.05) is 7.11 Å². The average molecular weight is 311 g/mol. The van der Waals surface area contributed by atoms with Crippen LogP contribution < -0.4 is 10.5 Å². The van der Waals surface area contributed by atoms with Crippen LogP contribution in [0.15, 0.2) is 60.7 Å². The van der Waals surface area contributed by atoms with Crippen LogP contribution in [-0.4, -0.2) is 19.0 Å². The van der Waals surface area contributed by atoms with Crippen LogP contribution in [0.4, 0.5) is 0 Å². The summed E-state index contributed by atoms with van der Waals surface area (Å²) in [6.07, 6.45) is 1.71. The van der Waals surface area contributed by atoms with E-state index in [2.05, 4.69) is 0 Å². The Balaban J connectivity index is 2.07. The van der Waals surface area contributed by atoms with Crippen molar-refractivity contribution in [3.8, 4) is 5.75 Å². The van der Waals surface area contributed by atoms with Crippen LogP contribution in [0, 0.1) is 0 Å². The lowest BCUT2D eigenvalue weighted by molar-refractivity contribution is -0.150. The number of hydrogen-bond acceptors (Lipinski definition) is 4. The predicted molar refractivity (Wildman–Crippen MR) is 86.5 cm³/mol. The lowest BCUT2D eigenvalue weighted by atomic mass is 10.1. The molecule has 0 saturated carbocycles. The third-order valence-corrected chi connectivity index (χ3v) is 3.10. The second-order valence-electron chi connectivity index (χ2n) is 4.74. The highest BCUT2D eigenvalue weighted by atomic mass is 16.5. The first-order valence-corrected chi connectivity index (χ1v) is 6.97. The van der Waals surface area contributed by atoms with Crippen molar-refractivity contribution >= 4 is 18.0 Å². The predicted octanol–water partition coefficient (Wildman–Crippen LogP) is 2.48. The first-order valence-electron chi connectivity index (χ1n) is 6.97. The van der Waals surface area contributed by atoms with Crippen molar-refractivity contribution in [3.05, 3.63) is 71.8 Å². The van der Waals surface area contributed by atoms with E-state index < -0.39 is 18.0 Å². The Morgan fingerprint density at radius 1 is 1.09 bits per heavy atom. The topological polar surface area (TPSA) is 78.6 Å². The molecule has 0 aromatic heterocycles. The second kappa shape index (κ2) is 7.79. The molecule has 1 amide bonds. The lowest BCUT2D eigenvalue weighted by Crippen LogP contribution is -2.25. The second-order valence-corrected chi connectivity index (χ2v) is 4.74. The number of amides is 1. The van der Waals surface area contributed by atoms with E-state index in [0.717, 1.165) is 5.56 Å². The van der Waals surface area contributed by atoms with Gasteiger partial charge in [0.15, 0.2) is 0 Å². The molecule has 0 spiro atoms. The highest BCUT2D eigenvalue weighted by Gasteiger charge is 2.21. The molecular formula is C18H17NO4. The standard InChI is InChI=1S/C18H17NO4/c1-22-15-9-5-6-13(12-15)10-11-16(20)23-17(18(19)21)14-7-3-2-4-8-14/h2-12,17H,1H3,(H2,19,21)/b11-10+. The zero-order valence-electron chi connectivity index (χ0n) is 12.6. The minimum absolute atomic E-state index is 0.531. The number of carbonyl (C=O) groups is 2. The van der Waals surface area contributed by atoms with Crippen LogP contribution in [0.3, 0.4) is 0 Å². The van der Waals surface area contributed by atoms with Crippen molar-refractivity contribution in [1.29, 1.82) is 0 Å². The van der Waals surface area contributed by atoms with E-state index in [1.165, 1.54) is 6.08 Å². The highest BCUT2D eigenvalue weighted by Crippen LogP contribution is 2.18. The molecule has 5 nitrogen and oxygen atoms in total. The maximum atomic E-state index is 11.9. The highest BCUT2D eigenvalue weighted by molar-refractivity contribution is 5.90. The van der Waals surface area contributed by atoms with Crippen molar-refractivity contribution in [1.82, 2.24) is 0 Å². The van der Waals surface area contributed by atoms with E-state index in [9.17, 15) is 9.59 Å². The van der Waals surface area contributed by atoms with E-state index in [4.69, 9.17) is 15.2 Å². The summed E-state index contributed by atoms with van der Waals surface area (Å²) < 4.78 is 10.2. The zero-order valence-corrected chi connectivity index (χ0v) is 12.6. The number of rotatable bonds is 6. The minimum atomic E-state index is -1.11. The van der Waals surface area contributed by atoms with Crippen molar-refractivity contribution in [2.24, 2.45) is 5.73 Å². The number of esters is 1. The molecular weight excluding hydrogens is 294 g/mol. The molecule has 0 heterocycles. The smallest absolute Gasteiger partial charge is 0.331 e. The fourth-order valence-electron chi connectivity index (χ4n) is 1.98. The normalized spacial score (nSPS) is 11.9. The van der Waals surface area contributed by atoms with Crippen molar-refractivity contribution in [2.45, 2.75) is 6.10 Å². The van der Waals surface area contributed by atoms with Gasteiger partial charge in [0.1, 0.15) is 5.75 Å². The molecule has 0 saturated heterocycles. The van der Waals surface area contributed by atoms with Crippen LogP contribution in [0.5, 0.6) is 5.75 Å². The monoisotopic (exact) mass is 311 g/mol. The third kappa shape index (κ3) is 4.71. The first-order chi connectivity index (χ1) is 11.1. The Hall–Kier alpha value is -3.08. The lowest BCUT2D eigenvalue weighted by Gasteiger charge is -2.13. The molecule has 2 N–H and O–H groups in total. The maximum Gasteiger partial charge on any atom is 0.331 e. The minimum Gasteiger partial charge on any atom is -0.497 e. The van der Waals surface area contributed by atoms with Crippen LogP contribution in [0.25, 0.3) is 6.08 Å². The Morgan fingerprint density at radius 3 is 2.48 bits per heavy atom. The van der Waals surface area contributed by atoms with Crippen LogP contribution in [0.1, 0.15) is 17.2 Å². The zero-order chi connectivity index (χ0) is 16.7. The summed E-state index contributed by atoms with van der Waals surface area (Å²) in [4.78, 5) is 23.4. The Bertz CT molecular complexity index is 710. The van der Waals surface area contributed by atoms with Gasteiger partial charge in [0, 0.05) is 11.6 Å². The van der Waals surface area contributed by atoms with Crippen molar-refractivity contribution < 1.29 is 19.1 Å². The summed E-state index contributed by atoms with van der Waals surface area (Å²) >= 11 is 0. The summed E-state index contributed by atoms with van der Waals surface area (Å²) in [6, 6.07) is 15.8. The van der Waals surface area contributed by atoms with Crippen LogP contribution in [-0.2, 0) is 14.3 Å². The van der Waals surface area contributed by atoms with Gasteiger partial charge >= 0.3 is 5.97 Å². The summed E-state index contributed by atoms with van der Waals surface area (Å²) in [6.45, 7) is 0. The Labute approximate surface area is 134 Å². The molecule has 2 aromatic carbocycles. The number of benzene rings is 2.